The summed E-state index contributed by atoms with van der Waals surface area (Å²) in [7, 11) is 1.36. The van der Waals surface area contributed by atoms with Gasteiger partial charge in [-0.25, -0.2) is 14.0 Å². The Morgan fingerprint density at radius 3 is 2.21 bits per heavy atom. The molecule has 1 aromatic rings. The maximum atomic E-state index is 13.5. The topological polar surface area (TPSA) is 98.3 Å². The van der Waals surface area contributed by atoms with Crippen LogP contribution in [0, 0.1) is 5.82 Å². The number of nitrogens with zero attached hydrogens (tertiary/aromatic N) is 1. The molecule has 8 nitrogen and oxygen atoms in total. The van der Waals surface area contributed by atoms with Gasteiger partial charge in [-0.3, -0.25) is 5.32 Å². The monoisotopic (exact) mass is 397 g/mol. The first kappa shape index (κ1) is 23.2. The zero-order valence-corrected chi connectivity index (χ0v) is 17.3. The second kappa shape index (κ2) is 9.38. The number of amides is 2. The van der Waals surface area contributed by atoms with Gasteiger partial charge >= 0.3 is 12.2 Å². The fourth-order valence-electron chi connectivity index (χ4n) is 1.89. The predicted molar refractivity (Wildman–Crippen MR) is 103 cm³/mol. The summed E-state index contributed by atoms with van der Waals surface area (Å²) in [6.45, 7) is 10.3. The fraction of sp³-hybridized carbons (Fsp3) is 0.526. The number of guanidine groups is 1. The molecule has 0 saturated heterocycles. The van der Waals surface area contributed by atoms with Crippen LogP contribution in [0.2, 0.25) is 0 Å². The van der Waals surface area contributed by atoms with Gasteiger partial charge in [-0.2, -0.15) is 0 Å². The third-order valence-electron chi connectivity index (χ3n) is 2.89. The van der Waals surface area contributed by atoms with Crippen molar-refractivity contribution in [1.82, 2.24) is 10.6 Å². The van der Waals surface area contributed by atoms with Crippen LogP contribution in [-0.2, 0) is 16.0 Å². The molecule has 28 heavy (non-hydrogen) atoms. The minimum absolute atomic E-state index is 0.0741. The van der Waals surface area contributed by atoms with E-state index in [1.807, 2.05) is 0 Å². The number of ether oxygens (including phenoxy) is 3. The Morgan fingerprint density at radius 1 is 1.07 bits per heavy atom. The lowest BCUT2D eigenvalue weighted by Crippen LogP contribution is -2.44. The van der Waals surface area contributed by atoms with Crippen LogP contribution < -0.4 is 15.4 Å². The summed E-state index contributed by atoms with van der Waals surface area (Å²) in [4.78, 5) is 27.7. The molecule has 1 rings (SSSR count). The van der Waals surface area contributed by atoms with Gasteiger partial charge in [0.05, 0.1) is 7.11 Å². The quantitative estimate of drug-likeness (QED) is 0.596. The van der Waals surface area contributed by atoms with Crippen molar-refractivity contribution < 1.29 is 28.2 Å². The Morgan fingerprint density at radius 2 is 1.68 bits per heavy atom. The SMILES string of the molecule is COc1cc(CN/C(=N\C(=O)OC(C)(C)C)NC(=O)OC(C)(C)C)ccc1F. The van der Waals surface area contributed by atoms with Gasteiger partial charge in [0, 0.05) is 6.54 Å². The summed E-state index contributed by atoms with van der Waals surface area (Å²) >= 11 is 0. The number of benzene rings is 1. The van der Waals surface area contributed by atoms with Gasteiger partial charge in [0.1, 0.15) is 11.2 Å². The Hall–Kier alpha value is -2.84. The van der Waals surface area contributed by atoms with E-state index in [0.717, 1.165) is 0 Å². The van der Waals surface area contributed by atoms with E-state index in [2.05, 4.69) is 15.6 Å². The number of halogens is 1. The van der Waals surface area contributed by atoms with E-state index in [1.165, 1.54) is 25.3 Å². The van der Waals surface area contributed by atoms with Gasteiger partial charge in [-0.15, -0.1) is 4.99 Å². The average Bonchev–Trinajstić information content (AvgIpc) is 2.50. The summed E-state index contributed by atoms with van der Waals surface area (Å²) in [5.74, 6) is -0.586. The predicted octanol–water partition coefficient (Wildman–Crippen LogP) is 3.74. The molecule has 0 aliphatic carbocycles. The van der Waals surface area contributed by atoms with Crippen LogP contribution in [0.3, 0.4) is 0 Å². The number of aliphatic imine (C=N–C) groups is 1. The van der Waals surface area contributed by atoms with Gasteiger partial charge in [0.15, 0.2) is 11.6 Å². The molecule has 0 heterocycles. The van der Waals surface area contributed by atoms with E-state index in [9.17, 15) is 14.0 Å². The second-order valence-corrected chi connectivity index (χ2v) is 7.89. The zero-order chi connectivity index (χ0) is 21.5. The molecular formula is C19H28FN3O5. The Kier molecular flexibility index (Phi) is 7.78. The van der Waals surface area contributed by atoms with E-state index < -0.39 is 29.2 Å². The normalized spacial score (nSPS) is 12.2. The number of carbonyl (C=O) groups excluding carboxylic acids is 2. The number of hydrogen-bond acceptors (Lipinski definition) is 5. The molecule has 0 atom stereocenters. The highest BCUT2D eigenvalue weighted by atomic mass is 19.1. The van der Waals surface area contributed by atoms with Gasteiger partial charge in [0.25, 0.3) is 0 Å². The van der Waals surface area contributed by atoms with Gasteiger partial charge < -0.3 is 19.5 Å². The molecule has 1 aromatic carbocycles. The smallest absolute Gasteiger partial charge is 0.437 e. The first-order chi connectivity index (χ1) is 12.8. The maximum Gasteiger partial charge on any atom is 0.437 e. The molecule has 9 heteroatoms. The third kappa shape index (κ3) is 9.20. The van der Waals surface area contributed by atoms with Crippen LogP contribution in [0.4, 0.5) is 14.0 Å². The molecule has 0 bridgehead atoms. The average molecular weight is 397 g/mol. The number of carbonyl (C=O) groups is 2. The number of alkyl carbamates (subject to hydrolysis) is 1. The number of methoxy groups -OCH3 is 1. The summed E-state index contributed by atoms with van der Waals surface area (Å²) in [5.41, 5.74) is -0.839. The van der Waals surface area contributed by atoms with Crippen LogP contribution in [0.15, 0.2) is 23.2 Å². The van der Waals surface area contributed by atoms with E-state index in [-0.39, 0.29) is 18.3 Å². The fourth-order valence-corrected chi connectivity index (χ4v) is 1.89. The Balaban J connectivity index is 2.93. The largest absolute Gasteiger partial charge is 0.494 e. The minimum Gasteiger partial charge on any atom is -0.494 e. The second-order valence-electron chi connectivity index (χ2n) is 7.89. The molecule has 0 fully saturated rings. The van der Waals surface area contributed by atoms with Crippen LogP contribution in [0.5, 0.6) is 5.75 Å². The van der Waals surface area contributed by atoms with Crippen LogP contribution in [-0.4, -0.2) is 36.5 Å². The van der Waals surface area contributed by atoms with Crippen molar-refractivity contribution in [2.24, 2.45) is 4.99 Å². The first-order valence-electron chi connectivity index (χ1n) is 8.67. The van der Waals surface area contributed by atoms with Crippen molar-refractivity contribution in [3.05, 3.63) is 29.6 Å². The van der Waals surface area contributed by atoms with E-state index in [0.29, 0.717) is 5.56 Å². The van der Waals surface area contributed by atoms with Gasteiger partial charge in [-0.1, -0.05) is 6.07 Å². The molecule has 0 unspecified atom stereocenters. The van der Waals surface area contributed by atoms with Crippen molar-refractivity contribution in [3.63, 3.8) is 0 Å². The lowest BCUT2D eigenvalue weighted by Gasteiger charge is -2.21. The minimum atomic E-state index is -0.886. The highest BCUT2D eigenvalue weighted by molar-refractivity contribution is 5.98. The van der Waals surface area contributed by atoms with Crippen molar-refractivity contribution in [2.45, 2.75) is 59.3 Å². The zero-order valence-electron chi connectivity index (χ0n) is 17.3. The van der Waals surface area contributed by atoms with E-state index in [4.69, 9.17) is 14.2 Å². The molecule has 0 aromatic heterocycles. The summed E-state index contributed by atoms with van der Waals surface area (Å²) in [5, 5.41) is 5.17. The summed E-state index contributed by atoms with van der Waals surface area (Å²) in [6.07, 6.45) is -1.68. The van der Waals surface area contributed by atoms with Crippen molar-refractivity contribution in [1.29, 1.82) is 0 Å². The third-order valence-corrected chi connectivity index (χ3v) is 2.89. The molecule has 156 valence electrons. The molecule has 0 radical (unpaired) electrons. The molecule has 0 spiro atoms. The standard InChI is InChI=1S/C19H28FN3O5/c1-18(2,3)27-16(24)22-15(23-17(25)28-19(4,5)6)21-11-12-8-9-13(20)14(10-12)26-7/h8-10H,11H2,1-7H3,(H2,21,22,23,24,25). The first-order valence-corrected chi connectivity index (χ1v) is 8.67. The highest BCUT2D eigenvalue weighted by Crippen LogP contribution is 2.18. The van der Waals surface area contributed by atoms with E-state index in [1.54, 1.807) is 41.5 Å². The molecule has 0 saturated carbocycles. The Labute approximate surface area is 164 Å². The van der Waals surface area contributed by atoms with Gasteiger partial charge in [0.2, 0.25) is 5.96 Å². The summed E-state index contributed by atoms with van der Waals surface area (Å²) < 4.78 is 28.7. The van der Waals surface area contributed by atoms with Crippen LogP contribution in [0.1, 0.15) is 47.1 Å². The Bertz CT molecular complexity index is 736. The number of hydrogen-bond donors (Lipinski definition) is 2. The lowest BCUT2D eigenvalue weighted by atomic mass is 10.2. The molecule has 0 aliphatic rings. The van der Waals surface area contributed by atoms with Crippen LogP contribution >= 0.6 is 0 Å². The molecule has 2 amide bonds. The summed E-state index contributed by atoms with van der Waals surface area (Å²) in [6, 6.07) is 4.27. The molecular weight excluding hydrogens is 369 g/mol. The van der Waals surface area contributed by atoms with E-state index >= 15 is 0 Å². The van der Waals surface area contributed by atoms with Crippen molar-refractivity contribution >= 4 is 18.1 Å². The lowest BCUT2D eigenvalue weighted by molar-refractivity contribution is 0.0560. The van der Waals surface area contributed by atoms with Crippen LogP contribution in [0.25, 0.3) is 0 Å². The highest BCUT2D eigenvalue weighted by Gasteiger charge is 2.20. The number of nitrogens with one attached hydrogen (secondary N) is 2. The number of rotatable bonds is 3. The molecule has 0 aliphatic heterocycles. The van der Waals surface area contributed by atoms with Gasteiger partial charge in [-0.05, 0) is 59.2 Å². The van der Waals surface area contributed by atoms with Crippen molar-refractivity contribution in [3.8, 4) is 5.75 Å². The molecule has 2 N–H and O–H groups in total. The maximum absolute atomic E-state index is 13.5. The van der Waals surface area contributed by atoms with Crippen molar-refractivity contribution in [2.75, 3.05) is 7.11 Å².